The van der Waals surface area contributed by atoms with Crippen LogP contribution in [0.5, 0.6) is 0 Å². The molecule has 1 aromatic heterocycles. The average Bonchev–Trinajstić information content (AvgIpc) is 3.11. The summed E-state index contributed by atoms with van der Waals surface area (Å²) in [5.41, 5.74) is -0.500. The molecule has 1 aromatic rings. The van der Waals surface area contributed by atoms with Crippen LogP contribution in [-0.4, -0.2) is 35.2 Å². The van der Waals surface area contributed by atoms with Crippen LogP contribution in [0.2, 0.25) is 0 Å². The smallest absolute Gasteiger partial charge is 0.326 e. The number of aryl methyl sites for hydroxylation is 2. The fourth-order valence-electron chi connectivity index (χ4n) is 3.64. The van der Waals surface area contributed by atoms with E-state index in [0.29, 0.717) is 5.92 Å². The molecule has 1 aliphatic rings. The van der Waals surface area contributed by atoms with Gasteiger partial charge in [0.2, 0.25) is 0 Å². The predicted molar refractivity (Wildman–Crippen MR) is 82.0 cm³/mol. The molecule has 5 heteroatoms. The molecule has 0 amide bonds. The summed E-state index contributed by atoms with van der Waals surface area (Å²) in [5, 5.41) is 3.25. The van der Waals surface area contributed by atoms with Crippen molar-refractivity contribution in [3.63, 3.8) is 0 Å². The maximum absolute atomic E-state index is 12.2. The second-order valence-electron chi connectivity index (χ2n) is 5.88. The minimum absolute atomic E-state index is 0.119. The van der Waals surface area contributed by atoms with E-state index >= 15 is 0 Å². The van der Waals surface area contributed by atoms with E-state index < -0.39 is 5.54 Å². The van der Waals surface area contributed by atoms with Crippen molar-refractivity contribution in [2.75, 3.05) is 14.2 Å². The Bertz CT molecular complexity index is 472. The Kier molecular flexibility index (Phi) is 5.39. The molecule has 1 heterocycles. The van der Waals surface area contributed by atoms with Gasteiger partial charge >= 0.3 is 5.97 Å². The van der Waals surface area contributed by atoms with Gasteiger partial charge < -0.3 is 14.6 Å². The van der Waals surface area contributed by atoms with Crippen molar-refractivity contribution in [2.45, 2.75) is 57.5 Å². The van der Waals surface area contributed by atoms with Crippen molar-refractivity contribution in [2.24, 2.45) is 5.92 Å². The lowest BCUT2D eigenvalue weighted by Crippen LogP contribution is -2.54. The standard InChI is InChI=1S/C16H27N3O2/c1-4-6-14-18-10-12-19(14)11-8-13-7-5-9-16(13,17-2)15(20)21-3/h10,12-13,17H,4-9,11H2,1-3H3. The first-order valence-electron chi connectivity index (χ1n) is 7.95. The van der Waals surface area contributed by atoms with E-state index in [2.05, 4.69) is 21.8 Å². The van der Waals surface area contributed by atoms with Crippen LogP contribution in [0, 0.1) is 5.92 Å². The highest BCUT2D eigenvalue weighted by Crippen LogP contribution is 2.39. The van der Waals surface area contributed by atoms with E-state index in [1.807, 2.05) is 19.4 Å². The molecule has 2 atom stereocenters. The zero-order valence-electron chi connectivity index (χ0n) is 13.4. The molecule has 0 bridgehead atoms. The summed E-state index contributed by atoms with van der Waals surface area (Å²) in [6.07, 6.45) is 10.0. The van der Waals surface area contributed by atoms with Crippen LogP contribution < -0.4 is 5.32 Å². The highest BCUT2D eigenvalue weighted by atomic mass is 16.5. The first kappa shape index (κ1) is 16.0. The third-order valence-electron chi connectivity index (χ3n) is 4.81. The number of carbonyl (C=O) groups is 1. The monoisotopic (exact) mass is 293 g/mol. The topological polar surface area (TPSA) is 56.2 Å². The maximum atomic E-state index is 12.2. The molecule has 0 spiro atoms. The second-order valence-corrected chi connectivity index (χ2v) is 5.88. The Labute approximate surface area is 127 Å². The molecule has 0 aliphatic heterocycles. The van der Waals surface area contributed by atoms with E-state index in [0.717, 1.165) is 50.9 Å². The van der Waals surface area contributed by atoms with Crippen LogP contribution >= 0.6 is 0 Å². The molecule has 0 aromatic carbocycles. The lowest BCUT2D eigenvalue weighted by Gasteiger charge is -2.32. The minimum atomic E-state index is -0.500. The Morgan fingerprint density at radius 3 is 3.10 bits per heavy atom. The molecule has 118 valence electrons. The molecule has 1 fully saturated rings. The molecule has 1 aliphatic carbocycles. The number of likely N-dealkylation sites (N-methyl/N-ethyl adjacent to an activating group) is 1. The van der Waals surface area contributed by atoms with Crippen molar-refractivity contribution in [3.05, 3.63) is 18.2 Å². The van der Waals surface area contributed by atoms with Gasteiger partial charge in [0.05, 0.1) is 7.11 Å². The summed E-state index contributed by atoms with van der Waals surface area (Å²) >= 11 is 0. The molecule has 1 N–H and O–H groups in total. The van der Waals surface area contributed by atoms with Crippen molar-refractivity contribution in [3.8, 4) is 0 Å². The number of hydrogen-bond donors (Lipinski definition) is 1. The summed E-state index contributed by atoms with van der Waals surface area (Å²) in [6.45, 7) is 3.08. The lowest BCUT2D eigenvalue weighted by atomic mass is 9.84. The van der Waals surface area contributed by atoms with Crippen LogP contribution in [0.15, 0.2) is 12.4 Å². The average molecular weight is 293 g/mol. The quantitative estimate of drug-likeness (QED) is 0.783. The van der Waals surface area contributed by atoms with Crippen molar-refractivity contribution in [1.29, 1.82) is 0 Å². The number of carbonyl (C=O) groups excluding carboxylic acids is 1. The fraction of sp³-hybridized carbons (Fsp3) is 0.750. The summed E-state index contributed by atoms with van der Waals surface area (Å²) < 4.78 is 7.26. The first-order valence-corrected chi connectivity index (χ1v) is 7.95. The number of esters is 1. The van der Waals surface area contributed by atoms with Gasteiger partial charge in [-0.25, -0.2) is 4.98 Å². The van der Waals surface area contributed by atoms with Crippen LogP contribution in [0.3, 0.4) is 0 Å². The summed E-state index contributed by atoms with van der Waals surface area (Å²) in [4.78, 5) is 16.6. The van der Waals surface area contributed by atoms with Gasteiger partial charge in [-0.2, -0.15) is 0 Å². The number of methoxy groups -OCH3 is 1. The number of ether oxygens (including phenoxy) is 1. The Morgan fingerprint density at radius 1 is 1.62 bits per heavy atom. The van der Waals surface area contributed by atoms with Crippen molar-refractivity contribution < 1.29 is 9.53 Å². The summed E-state index contributed by atoms with van der Waals surface area (Å²) in [7, 11) is 3.35. The fourth-order valence-corrected chi connectivity index (χ4v) is 3.64. The SMILES string of the molecule is CCCc1nccn1CCC1CCCC1(NC)C(=O)OC. The predicted octanol–water partition coefficient (Wildman–Crippen LogP) is 2.16. The molecule has 0 saturated heterocycles. The van der Waals surface area contributed by atoms with Gasteiger partial charge in [-0.05, 0) is 38.6 Å². The first-order chi connectivity index (χ1) is 10.2. The molecule has 1 saturated carbocycles. The summed E-state index contributed by atoms with van der Waals surface area (Å²) in [5.74, 6) is 1.35. The Hall–Kier alpha value is -1.36. The molecule has 2 rings (SSSR count). The third-order valence-corrected chi connectivity index (χ3v) is 4.81. The van der Waals surface area contributed by atoms with Gasteiger partial charge in [0.1, 0.15) is 11.4 Å². The van der Waals surface area contributed by atoms with Crippen LogP contribution in [0.25, 0.3) is 0 Å². The summed E-state index contributed by atoms with van der Waals surface area (Å²) in [6, 6.07) is 0. The molecule has 0 radical (unpaired) electrons. The lowest BCUT2D eigenvalue weighted by molar-refractivity contribution is -0.150. The van der Waals surface area contributed by atoms with Gasteiger partial charge in [0.25, 0.3) is 0 Å². The number of nitrogens with zero attached hydrogens (tertiary/aromatic N) is 2. The Morgan fingerprint density at radius 2 is 2.43 bits per heavy atom. The minimum Gasteiger partial charge on any atom is -0.468 e. The number of rotatable bonds is 7. The van der Waals surface area contributed by atoms with Crippen LogP contribution in [0.4, 0.5) is 0 Å². The van der Waals surface area contributed by atoms with Crippen LogP contribution in [0.1, 0.15) is 44.9 Å². The Balaban J connectivity index is 2.04. The zero-order valence-corrected chi connectivity index (χ0v) is 13.4. The highest BCUT2D eigenvalue weighted by Gasteiger charge is 2.48. The third kappa shape index (κ3) is 3.12. The highest BCUT2D eigenvalue weighted by molar-refractivity contribution is 5.81. The van der Waals surface area contributed by atoms with Crippen molar-refractivity contribution in [1.82, 2.24) is 14.9 Å². The van der Waals surface area contributed by atoms with Crippen LogP contribution in [-0.2, 0) is 22.5 Å². The largest absolute Gasteiger partial charge is 0.468 e. The molecular weight excluding hydrogens is 266 g/mol. The molecule has 2 unspecified atom stereocenters. The number of nitrogens with one attached hydrogen (secondary N) is 1. The normalized spacial score (nSPS) is 25.2. The second kappa shape index (κ2) is 7.07. The van der Waals surface area contributed by atoms with E-state index in [1.165, 1.54) is 7.11 Å². The number of hydrogen-bond acceptors (Lipinski definition) is 4. The molecular formula is C16H27N3O2. The molecule has 21 heavy (non-hydrogen) atoms. The van der Waals surface area contributed by atoms with Gasteiger partial charge in [-0.15, -0.1) is 0 Å². The van der Waals surface area contributed by atoms with Crippen molar-refractivity contribution >= 4 is 5.97 Å². The maximum Gasteiger partial charge on any atom is 0.326 e. The van der Waals surface area contributed by atoms with Gasteiger partial charge in [0.15, 0.2) is 0 Å². The van der Waals surface area contributed by atoms with Gasteiger partial charge in [-0.3, -0.25) is 4.79 Å². The van der Waals surface area contributed by atoms with E-state index in [1.54, 1.807) is 0 Å². The zero-order chi connectivity index (χ0) is 15.3. The van der Waals surface area contributed by atoms with E-state index in [4.69, 9.17) is 4.74 Å². The number of aromatic nitrogens is 2. The van der Waals surface area contributed by atoms with E-state index in [9.17, 15) is 4.79 Å². The van der Waals surface area contributed by atoms with Gasteiger partial charge in [0, 0.05) is 25.4 Å². The molecule has 5 nitrogen and oxygen atoms in total. The number of imidazole rings is 1. The van der Waals surface area contributed by atoms with Gasteiger partial charge in [-0.1, -0.05) is 13.3 Å². The van der Waals surface area contributed by atoms with E-state index in [-0.39, 0.29) is 5.97 Å².